The minimum Gasteiger partial charge on any atom is -0.548 e. The lowest BCUT2D eigenvalue weighted by atomic mass is 9.53. The molecule has 5 heterocycles. The number of hydrogen-bond acceptors (Lipinski definition) is 9. The van der Waals surface area contributed by atoms with E-state index in [0.29, 0.717) is 36.7 Å². The average Bonchev–Trinajstić information content (AvgIpc) is 3.43. The Bertz CT molecular complexity index is 1390. The van der Waals surface area contributed by atoms with Gasteiger partial charge in [0.1, 0.15) is 11.6 Å². The number of benzene rings is 1. The van der Waals surface area contributed by atoms with Crippen molar-refractivity contribution in [1.29, 1.82) is 0 Å². The Morgan fingerprint density at radius 1 is 1.17 bits per heavy atom. The number of quaternary nitrogens is 1. The highest BCUT2D eigenvalue weighted by Gasteiger charge is 2.73. The fourth-order valence-electron chi connectivity index (χ4n) is 8.64. The highest BCUT2D eigenvalue weighted by molar-refractivity contribution is 5.99. The van der Waals surface area contributed by atoms with Crippen molar-refractivity contribution in [1.82, 2.24) is 5.32 Å². The summed E-state index contributed by atoms with van der Waals surface area (Å²) in [7, 11) is 3.37. The third-order valence-electron chi connectivity index (χ3n) is 10.1. The molecule has 6 aliphatic rings. The minimum absolute atomic E-state index is 0. The summed E-state index contributed by atoms with van der Waals surface area (Å²) in [6, 6.07) is 3.95. The number of fused-ring (bicyclic) bond motifs is 2. The normalized spacial score (nSPS) is 30.9. The van der Waals surface area contributed by atoms with Crippen molar-refractivity contribution in [3.8, 4) is 11.5 Å². The van der Waals surface area contributed by atoms with Crippen LogP contribution in [0, 0.1) is 11.8 Å². The van der Waals surface area contributed by atoms with Gasteiger partial charge in [0.15, 0.2) is 11.5 Å². The summed E-state index contributed by atoms with van der Waals surface area (Å²) in [5.41, 5.74) is 3.33. The van der Waals surface area contributed by atoms with Gasteiger partial charge in [-0.15, -0.1) is 0 Å². The van der Waals surface area contributed by atoms with Crippen LogP contribution in [0.5, 0.6) is 11.5 Å². The van der Waals surface area contributed by atoms with Crippen LogP contribution in [0.15, 0.2) is 23.8 Å². The van der Waals surface area contributed by atoms with E-state index in [0.717, 1.165) is 24.4 Å². The fourth-order valence-corrected chi connectivity index (χ4v) is 8.64. The molecular weight excluding hydrogens is 610 g/mol. The number of carbonyl (C=O) groups is 3. The Hall–Kier alpha value is -3.39. The monoisotopic (exact) mass is 661 g/mol. The van der Waals surface area contributed by atoms with Gasteiger partial charge in [0, 0.05) is 30.9 Å². The molecule has 13 heteroatoms. The topological polar surface area (TPSA) is 183 Å². The fraction of sp³-hybridized carbons (Fsp3) is 0.676. The Morgan fingerprint density at radius 3 is 2.40 bits per heavy atom. The Morgan fingerprint density at radius 2 is 1.81 bits per heavy atom. The lowest BCUT2D eigenvalue weighted by molar-refractivity contribution is -0.916. The number of carbonyl (C=O) groups excluding carboxylic acids is 3. The molecule has 262 valence electrons. The number of piperidine rings is 2. The molecule has 0 aromatic heterocycles. The highest BCUT2D eigenvalue weighted by atomic mass is 16.6. The van der Waals surface area contributed by atoms with Gasteiger partial charge in [0.05, 0.1) is 75.6 Å². The van der Waals surface area contributed by atoms with Gasteiger partial charge in [-0.3, -0.25) is 4.79 Å². The molecule has 0 radical (unpaired) electrons. The minimum atomic E-state index is -1.34. The first-order valence-electron chi connectivity index (χ1n) is 16.2. The Labute approximate surface area is 276 Å². The quantitative estimate of drug-likeness (QED) is 0.371. The molecule has 5 N–H and O–H groups in total. The maximum Gasteiger partial charge on any atom is 0.408 e. The number of nitrogens with one attached hydrogen (secondary N) is 2. The van der Waals surface area contributed by atoms with Gasteiger partial charge in [0.25, 0.3) is 0 Å². The van der Waals surface area contributed by atoms with Crippen LogP contribution in [0.3, 0.4) is 0 Å². The van der Waals surface area contributed by atoms with E-state index in [9.17, 15) is 19.5 Å². The molecule has 2 amide bonds. The van der Waals surface area contributed by atoms with E-state index in [2.05, 4.69) is 28.4 Å². The largest absolute Gasteiger partial charge is 0.548 e. The molecule has 1 saturated carbocycles. The van der Waals surface area contributed by atoms with Gasteiger partial charge in [-0.1, -0.05) is 6.08 Å². The third-order valence-corrected chi connectivity index (χ3v) is 10.1. The maximum atomic E-state index is 13.5. The van der Waals surface area contributed by atoms with E-state index in [1.54, 1.807) is 59.3 Å². The van der Waals surface area contributed by atoms with E-state index < -0.39 is 23.7 Å². The van der Waals surface area contributed by atoms with Crippen LogP contribution in [0.1, 0.15) is 66.4 Å². The number of carboxylic acid groups (broad SMARTS) is 1. The number of carboxylic acids is 1. The van der Waals surface area contributed by atoms with Crippen LogP contribution in [-0.2, 0) is 24.5 Å². The number of aliphatic hydroxyl groups is 1. The summed E-state index contributed by atoms with van der Waals surface area (Å²) in [5, 5.41) is 20.4. The highest BCUT2D eigenvalue weighted by Crippen LogP contribution is 2.63. The van der Waals surface area contributed by atoms with Crippen molar-refractivity contribution >= 4 is 23.7 Å². The lowest BCUT2D eigenvalue weighted by Gasteiger charge is -2.56. The summed E-state index contributed by atoms with van der Waals surface area (Å²) < 4.78 is 22.4. The number of anilines is 1. The predicted molar refractivity (Wildman–Crippen MR) is 170 cm³/mol. The van der Waals surface area contributed by atoms with Crippen LogP contribution < -0.4 is 29.7 Å². The Balaban J connectivity index is 0.000000237. The van der Waals surface area contributed by atoms with Gasteiger partial charge >= 0.3 is 6.09 Å². The van der Waals surface area contributed by atoms with Crippen molar-refractivity contribution in [3.05, 3.63) is 29.3 Å². The molecule has 7 rings (SSSR count). The van der Waals surface area contributed by atoms with E-state index in [4.69, 9.17) is 24.1 Å². The van der Waals surface area contributed by atoms with Gasteiger partial charge in [-0.05, 0) is 64.7 Å². The molecule has 47 heavy (non-hydrogen) atoms. The number of ether oxygens (including phenoxy) is 4. The first-order chi connectivity index (χ1) is 21.6. The summed E-state index contributed by atoms with van der Waals surface area (Å²) in [5.74, 6) is 1.29. The SMILES string of the molecule is CC(C)O.COc1cc2c(cc1OC)[C@@]13CC[NH+]4CC5=CCO[C@H]6CC(=O)N2[C@H]1[C@H]6[C@H]5C[C@H]43.C[C@H](NC(=O)OC(C)(C)C)C(=O)[O-].O. The number of hydrogen-bond donors (Lipinski definition) is 3. The second-order valence-corrected chi connectivity index (χ2v) is 14.4. The smallest absolute Gasteiger partial charge is 0.408 e. The predicted octanol–water partition coefficient (Wildman–Crippen LogP) is -0.0955. The first-order valence-corrected chi connectivity index (χ1v) is 16.2. The number of amides is 2. The summed E-state index contributed by atoms with van der Waals surface area (Å²) >= 11 is 0. The zero-order valence-corrected chi connectivity index (χ0v) is 28.7. The van der Waals surface area contributed by atoms with Crippen LogP contribution in [0.4, 0.5) is 10.5 Å². The molecule has 2 bridgehead atoms. The number of nitrogens with zero attached hydrogens (tertiary/aromatic N) is 1. The molecule has 4 fully saturated rings. The van der Waals surface area contributed by atoms with E-state index in [1.807, 2.05) is 0 Å². The molecule has 5 aliphatic heterocycles. The van der Waals surface area contributed by atoms with Gasteiger partial charge in [-0.25, -0.2) is 4.79 Å². The van der Waals surface area contributed by atoms with Crippen molar-refractivity contribution < 1.29 is 53.9 Å². The maximum absolute atomic E-state index is 13.5. The third kappa shape index (κ3) is 6.55. The zero-order valence-electron chi connectivity index (χ0n) is 28.7. The first kappa shape index (κ1) is 36.4. The average molecular weight is 662 g/mol. The Kier molecular flexibility index (Phi) is 10.6. The number of aliphatic carboxylic acids is 1. The van der Waals surface area contributed by atoms with Crippen LogP contribution in [-0.4, -0.2) is 98.4 Å². The second-order valence-electron chi connectivity index (χ2n) is 14.4. The molecular formula is C34H51N3O10. The number of alkyl carbamates (subject to hydrolysis) is 1. The number of aliphatic hydroxyl groups excluding tert-OH is 1. The molecule has 1 aliphatic carbocycles. The second kappa shape index (κ2) is 13.6. The molecule has 8 atom stereocenters. The van der Waals surface area contributed by atoms with E-state index in [-0.39, 0.29) is 35.0 Å². The van der Waals surface area contributed by atoms with Gasteiger partial charge in [-0.2, -0.15) is 0 Å². The van der Waals surface area contributed by atoms with E-state index >= 15 is 0 Å². The van der Waals surface area contributed by atoms with Crippen LogP contribution in [0.2, 0.25) is 0 Å². The molecule has 1 unspecified atom stereocenters. The molecule has 13 nitrogen and oxygen atoms in total. The number of methoxy groups -OCH3 is 2. The van der Waals surface area contributed by atoms with Crippen LogP contribution >= 0.6 is 0 Å². The molecule has 1 spiro atoms. The van der Waals surface area contributed by atoms with Gasteiger partial charge in [0.2, 0.25) is 5.91 Å². The summed E-state index contributed by atoms with van der Waals surface area (Å²) in [6.45, 7) is 12.8. The zero-order chi connectivity index (χ0) is 33.7. The summed E-state index contributed by atoms with van der Waals surface area (Å²) in [4.78, 5) is 38.5. The van der Waals surface area contributed by atoms with Crippen molar-refractivity contribution in [2.75, 3.05) is 38.8 Å². The van der Waals surface area contributed by atoms with Gasteiger partial charge < -0.3 is 54.5 Å². The van der Waals surface area contributed by atoms with Crippen molar-refractivity contribution in [2.24, 2.45) is 11.8 Å². The van der Waals surface area contributed by atoms with Crippen molar-refractivity contribution in [2.45, 2.75) is 102 Å². The number of rotatable bonds is 4. The summed E-state index contributed by atoms with van der Waals surface area (Å²) in [6.07, 6.45) is 4.29. The molecule has 1 aromatic carbocycles. The van der Waals surface area contributed by atoms with Crippen LogP contribution in [0.25, 0.3) is 0 Å². The van der Waals surface area contributed by atoms with Crippen molar-refractivity contribution in [3.63, 3.8) is 0 Å². The molecule has 1 aromatic rings. The molecule has 3 saturated heterocycles. The lowest BCUT2D eigenvalue weighted by Crippen LogP contribution is -3.16. The standard InChI is InChI=1S/C23H26N2O4.C8H15NO4.C3H8O.H2O/c1-27-16-8-14-15(9-17(16)28-2)25-20(26)10-18-21-13-7-19-23(14,22(21)25)4-5-24(19)11-12(13)3-6-29-18;1-5(6(10)11)9-7(12)13-8(2,3)4;1-3(2)4;/h3,8-9,13,18-19,21-22H,4-7,10-11H2,1-2H3;5H,1-4H3,(H,9,12)(H,10,11);3-4H,1-2H3;1H2/t13-,18-,19-,21-,22-,23+;5-;;/m00../s1. The van der Waals surface area contributed by atoms with E-state index in [1.165, 1.54) is 25.5 Å².